The Morgan fingerprint density at radius 3 is 2.38 bits per heavy atom. The number of benzene rings is 1. The number of rotatable bonds is 2. The van der Waals surface area contributed by atoms with Crippen molar-refractivity contribution in [1.29, 1.82) is 0 Å². The highest BCUT2D eigenvalue weighted by molar-refractivity contribution is 5.80. The molecule has 0 aliphatic carbocycles. The van der Waals surface area contributed by atoms with Gasteiger partial charge in [-0.25, -0.2) is 0 Å². The topological polar surface area (TPSA) is 42.1 Å². The molecule has 1 aromatic carbocycles. The molecule has 114 valence electrons. The van der Waals surface area contributed by atoms with Crippen LogP contribution in [0, 0.1) is 0 Å². The highest BCUT2D eigenvalue weighted by atomic mass is 19.4. The maximum absolute atomic E-state index is 12.1. The third-order valence-electron chi connectivity index (χ3n) is 3.01. The molecule has 1 N–H and O–H groups in total. The van der Waals surface area contributed by atoms with Crippen molar-refractivity contribution >= 4 is 10.9 Å². The first kappa shape index (κ1) is 15.4. The number of halogens is 3. The normalized spacial score (nSPS) is 12.7. The summed E-state index contributed by atoms with van der Waals surface area (Å²) in [6.45, 7) is 4.51. The molecule has 0 bridgehead atoms. The number of hydrogen-bond acceptors (Lipinski definition) is 2. The van der Waals surface area contributed by atoms with Crippen molar-refractivity contribution in [3.8, 4) is 5.75 Å². The Morgan fingerprint density at radius 1 is 1.14 bits per heavy atom. The summed E-state index contributed by atoms with van der Waals surface area (Å²) in [4.78, 5) is 15.2. The summed E-state index contributed by atoms with van der Waals surface area (Å²) in [7, 11) is 0. The third kappa shape index (κ3) is 3.77. The van der Waals surface area contributed by atoms with E-state index in [1.807, 2.05) is 20.8 Å². The van der Waals surface area contributed by atoms with Gasteiger partial charge in [-0.15, -0.1) is 0 Å². The van der Waals surface area contributed by atoms with Gasteiger partial charge in [0.1, 0.15) is 5.75 Å². The van der Waals surface area contributed by atoms with Gasteiger partial charge in [-0.2, -0.15) is 13.2 Å². The number of aromatic amines is 1. The molecule has 0 saturated carbocycles. The van der Waals surface area contributed by atoms with E-state index in [0.29, 0.717) is 10.9 Å². The lowest BCUT2D eigenvalue weighted by molar-refractivity contribution is -0.153. The average molecular weight is 299 g/mol. The Hall–Kier alpha value is -1.98. The van der Waals surface area contributed by atoms with Gasteiger partial charge in [0.05, 0.1) is 0 Å². The van der Waals surface area contributed by atoms with Crippen LogP contribution in [-0.4, -0.2) is 17.8 Å². The second-order valence-corrected chi connectivity index (χ2v) is 5.91. The van der Waals surface area contributed by atoms with Crippen LogP contribution in [0.25, 0.3) is 10.9 Å². The van der Waals surface area contributed by atoms with Crippen LogP contribution < -0.4 is 10.2 Å². The number of ether oxygens (including phenoxy) is 1. The maximum atomic E-state index is 12.1. The summed E-state index contributed by atoms with van der Waals surface area (Å²) in [5.41, 5.74) is 0.876. The molecule has 0 fully saturated rings. The fraction of sp³-hybridized carbons (Fsp3) is 0.400. The lowest BCUT2D eigenvalue weighted by atomic mass is 9.91. The minimum Gasteiger partial charge on any atom is -0.484 e. The first-order valence-electron chi connectivity index (χ1n) is 6.43. The molecule has 0 aliphatic rings. The van der Waals surface area contributed by atoms with Crippen LogP contribution in [0.3, 0.4) is 0 Å². The SMILES string of the molecule is CC(C)(C)c1cc(=O)c2cc(OCC(F)(F)F)ccc2[nH]1. The monoisotopic (exact) mass is 299 g/mol. The van der Waals surface area contributed by atoms with Crippen LogP contribution in [0.5, 0.6) is 5.75 Å². The minimum atomic E-state index is -4.41. The van der Waals surface area contributed by atoms with Crippen molar-refractivity contribution in [1.82, 2.24) is 4.98 Å². The van der Waals surface area contributed by atoms with E-state index >= 15 is 0 Å². The zero-order valence-corrected chi connectivity index (χ0v) is 12.0. The van der Waals surface area contributed by atoms with Crippen LogP contribution in [0.1, 0.15) is 26.5 Å². The second kappa shape index (κ2) is 5.09. The molecular formula is C15H16F3NO2. The Morgan fingerprint density at radius 2 is 1.81 bits per heavy atom. The summed E-state index contributed by atoms with van der Waals surface area (Å²) in [5, 5.41) is 0.308. The summed E-state index contributed by atoms with van der Waals surface area (Å²) >= 11 is 0. The van der Waals surface area contributed by atoms with E-state index in [4.69, 9.17) is 0 Å². The zero-order valence-electron chi connectivity index (χ0n) is 12.0. The lowest BCUT2D eigenvalue weighted by Crippen LogP contribution is -2.19. The molecule has 0 saturated heterocycles. The molecule has 0 amide bonds. The molecule has 0 aliphatic heterocycles. The summed E-state index contributed by atoms with van der Waals surface area (Å²) in [5.74, 6) is 0.0221. The number of H-pyrrole nitrogens is 1. The Kier molecular flexibility index (Phi) is 3.74. The fourth-order valence-corrected chi connectivity index (χ4v) is 1.89. The van der Waals surface area contributed by atoms with Crippen molar-refractivity contribution in [2.45, 2.75) is 32.4 Å². The van der Waals surface area contributed by atoms with E-state index in [9.17, 15) is 18.0 Å². The van der Waals surface area contributed by atoms with Gasteiger partial charge in [-0.1, -0.05) is 20.8 Å². The lowest BCUT2D eigenvalue weighted by Gasteiger charge is -2.19. The summed E-state index contributed by atoms with van der Waals surface area (Å²) < 4.78 is 41.0. The predicted octanol–water partition coefficient (Wildman–Crippen LogP) is 3.77. The number of alkyl halides is 3. The Bertz CT molecular complexity index is 711. The summed E-state index contributed by atoms with van der Waals surface area (Å²) in [6, 6.07) is 5.76. The van der Waals surface area contributed by atoms with Gasteiger partial charge in [-0.3, -0.25) is 4.79 Å². The van der Waals surface area contributed by atoms with Crippen LogP contribution in [0.4, 0.5) is 13.2 Å². The van der Waals surface area contributed by atoms with Gasteiger partial charge in [-0.05, 0) is 18.2 Å². The van der Waals surface area contributed by atoms with E-state index in [-0.39, 0.29) is 16.6 Å². The smallest absolute Gasteiger partial charge is 0.422 e. The van der Waals surface area contributed by atoms with Gasteiger partial charge in [0.2, 0.25) is 0 Å². The number of fused-ring (bicyclic) bond motifs is 1. The largest absolute Gasteiger partial charge is 0.484 e. The molecule has 6 heteroatoms. The molecule has 0 spiro atoms. The van der Waals surface area contributed by atoms with Gasteiger partial charge in [0.15, 0.2) is 12.0 Å². The van der Waals surface area contributed by atoms with Crippen molar-refractivity contribution in [3.63, 3.8) is 0 Å². The Balaban J connectivity index is 2.41. The first-order chi connectivity index (χ1) is 9.56. The molecule has 0 unspecified atom stereocenters. The van der Waals surface area contributed by atoms with Crippen LogP contribution in [-0.2, 0) is 5.41 Å². The molecule has 1 heterocycles. The van der Waals surface area contributed by atoms with Crippen LogP contribution in [0.2, 0.25) is 0 Å². The van der Waals surface area contributed by atoms with Gasteiger partial charge < -0.3 is 9.72 Å². The molecule has 0 atom stereocenters. The average Bonchev–Trinajstić information content (AvgIpc) is 2.34. The van der Waals surface area contributed by atoms with Crippen LogP contribution in [0.15, 0.2) is 29.1 Å². The van der Waals surface area contributed by atoms with Crippen molar-refractivity contribution in [2.75, 3.05) is 6.61 Å². The van der Waals surface area contributed by atoms with Crippen LogP contribution >= 0.6 is 0 Å². The third-order valence-corrected chi connectivity index (χ3v) is 3.01. The van der Waals surface area contributed by atoms with E-state index in [2.05, 4.69) is 9.72 Å². The predicted molar refractivity (Wildman–Crippen MR) is 74.8 cm³/mol. The minimum absolute atomic E-state index is 0.0221. The maximum Gasteiger partial charge on any atom is 0.422 e. The Labute approximate surface area is 119 Å². The fourth-order valence-electron chi connectivity index (χ4n) is 1.89. The van der Waals surface area contributed by atoms with Gasteiger partial charge in [0, 0.05) is 28.1 Å². The zero-order chi connectivity index (χ0) is 15.8. The number of nitrogens with one attached hydrogen (secondary N) is 1. The van der Waals surface area contributed by atoms with Gasteiger partial charge in [0.25, 0.3) is 0 Å². The molecule has 2 rings (SSSR count). The standard InChI is InChI=1S/C15H16F3NO2/c1-14(2,3)13-7-12(20)10-6-9(4-5-11(10)19-13)21-8-15(16,17)18/h4-7H,8H2,1-3H3,(H,19,20). The highest BCUT2D eigenvalue weighted by Gasteiger charge is 2.28. The first-order valence-corrected chi connectivity index (χ1v) is 6.43. The highest BCUT2D eigenvalue weighted by Crippen LogP contribution is 2.24. The van der Waals surface area contributed by atoms with E-state index in [0.717, 1.165) is 5.69 Å². The number of hydrogen-bond donors (Lipinski definition) is 1. The van der Waals surface area contributed by atoms with Crippen molar-refractivity contribution in [2.24, 2.45) is 0 Å². The van der Waals surface area contributed by atoms with E-state index < -0.39 is 12.8 Å². The van der Waals surface area contributed by atoms with E-state index in [1.165, 1.54) is 18.2 Å². The second-order valence-electron chi connectivity index (χ2n) is 5.91. The molecule has 3 nitrogen and oxygen atoms in total. The molecular weight excluding hydrogens is 283 g/mol. The van der Waals surface area contributed by atoms with E-state index in [1.54, 1.807) is 6.07 Å². The van der Waals surface area contributed by atoms with Crippen molar-refractivity contribution in [3.05, 3.63) is 40.2 Å². The van der Waals surface area contributed by atoms with Gasteiger partial charge >= 0.3 is 6.18 Å². The molecule has 1 aromatic heterocycles. The molecule has 0 radical (unpaired) electrons. The quantitative estimate of drug-likeness (QED) is 0.917. The number of aromatic nitrogens is 1. The number of pyridine rings is 1. The summed E-state index contributed by atoms with van der Waals surface area (Å²) in [6.07, 6.45) is -4.41. The molecule has 21 heavy (non-hydrogen) atoms. The molecule has 2 aromatic rings. The van der Waals surface area contributed by atoms with Crippen molar-refractivity contribution < 1.29 is 17.9 Å².